The van der Waals surface area contributed by atoms with Gasteiger partial charge in [0.25, 0.3) is 0 Å². The molecule has 0 aliphatic rings. The van der Waals surface area contributed by atoms with E-state index in [1.54, 1.807) is 30.3 Å². The molecule has 1 aromatic carbocycles. The van der Waals surface area contributed by atoms with E-state index in [2.05, 4.69) is 31.6 Å². The second kappa shape index (κ2) is 6.15. The molecule has 0 saturated carbocycles. The molecule has 100 valence electrons. The third-order valence-corrected chi connectivity index (χ3v) is 2.39. The molecule has 2 N–H and O–H groups in total. The smallest absolute Gasteiger partial charge is 0.412 e. The van der Waals surface area contributed by atoms with Gasteiger partial charge in [-0.05, 0) is 24.3 Å². The van der Waals surface area contributed by atoms with Crippen molar-refractivity contribution in [3.05, 3.63) is 42.0 Å². The van der Waals surface area contributed by atoms with E-state index >= 15 is 0 Å². The van der Waals surface area contributed by atoms with Crippen LogP contribution in [0.1, 0.15) is 5.56 Å². The van der Waals surface area contributed by atoms with Gasteiger partial charge in [0.2, 0.25) is 0 Å². The normalized spacial score (nSPS) is 9.40. The topological polar surface area (TPSA) is 99.9 Å². The van der Waals surface area contributed by atoms with E-state index in [1.165, 1.54) is 7.11 Å². The summed E-state index contributed by atoms with van der Waals surface area (Å²) in [5.41, 5.74) is 1.14. The van der Waals surface area contributed by atoms with Gasteiger partial charge in [-0.2, -0.15) is 5.26 Å². The Hall–Kier alpha value is -3.14. The molecule has 0 radical (unpaired) electrons. The molecule has 0 spiro atoms. The van der Waals surface area contributed by atoms with E-state index in [-0.39, 0.29) is 5.82 Å². The Morgan fingerprint density at radius 1 is 1.20 bits per heavy atom. The van der Waals surface area contributed by atoms with Crippen molar-refractivity contribution in [2.75, 3.05) is 17.7 Å². The lowest BCUT2D eigenvalue weighted by Crippen LogP contribution is -2.12. The van der Waals surface area contributed by atoms with E-state index in [9.17, 15) is 4.79 Å². The minimum atomic E-state index is -0.616. The van der Waals surface area contributed by atoms with Crippen LogP contribution < -0.4 is 10.6 Å². The number of hydrogen-bond donors (Lipinski definition) is 2. The zero-order valence-corrected chi connectivity index (χ0v) is 10.6. The zero-order valence-electron chi connectivity index (χ0n) is 10.6. The molecule has 7 heteroatoms. The van der Waals surface area contributed by atoms with E-state index < -0.39 is 6.09 Å². The van der Waals surface area contributed by atoms with E-state index in [0.29, 0.717) is 17.1 Å². The number of hydrogen-bond acceptors (Lipinski definition) is 6. The molecular formula is C13H11N5O2. The van der Waals surface area contributed by atoms with Crippen molar-refractivity contribution in [1.29, 1.82) is 5.26 Å². The lowest BCUT2D eigenvalue weighted by Gasteiger charge is -2.07. The molecule has 7 nitrogen and oxygen atoms in total. The largest absolute Gasteiger partial charge is 0.453 e. The van der Waals surface area contributed by atoms with Gasteiger partial charge in [-0.1, -0.05) is 12.1 Å². The van der Waals surface area contributed by atoms with Crippen LogP contribution in [0.2, 0.25) is 0 Å². The summed E-state index contributed by atoms with van der Waals surface area (Å²) in [5.74, 6) is 0.735. The number of aromatic nitrogens is 2. The van der Waals surface area contributed by atoms with E-state index in [1.807, 2.05) is 6.07 Å². The van der Waals surface area contributed by atoms with Gasteiger partial charge in [0.15, 0.2) is 11.6 Å². The van der Waals surface area contributed by atoms with Crippen molar-refractivity contribution in [3.63, 3.8) is 0 Å². The average Bonchev–Trinajstić information content (AvgIpc) is 2.49. The molecule has 0 atom stereocenters. The minimum Gasteiger partial charge on any atom is -0.453 e. The first-order valence-corrected chi connectivity index (χ1v) is 5.68. The van der Waals surface area contributed by atoms with Gasteiger partial charge in [0.05, 0.1) is 18.4 Å². The van der Waals surface area contributed by atoms with Crippen molar-refractivity contribution >= 4 is 23.4 Å². The Balaban J connectivity index is 2.11. The monoisotopic (exact) mass is 269 g/mol. The van der Waals surface area contributed by atoms with Crippen LogP contribution in [0.15, 0.2) is 36.4 Å². The zero-order chi connectivity index (χ0) is 14.4. The maximum Gasteiger partial charge on any atom is 0.412 e. The summed E-state index contributed by atoms with van der Waals surface area (Å²) < 4.78 is 4.44. The van der Waals surface area contributed by atoms with Crippen LogP contribution in [0.4, 0.5) is 22.1 Å². The second-order valence-corrected chi connectivity index (χ2v) is 3.70. The number of carbonyl (C=O) groups excluding carboxylic acids is 1. The van der Waals surface area contributed by atoms with Gasteiger partial charge >= 0.3 is 6.09 Å². The second-order valence-electron chi connectivity index (χ2n) is 3.70. The lowest BCUT2D eigenvalue weighted by atomic mass is 10.2. The fourth-order valence-electron chi connectivity index (χ4n) is 1.45. The standard InChI is InChI=1S/C13H11N5O2/c1-20-13(19)16-12-7-6-11(17-18-12)15-10-5-3-2-4-9(10)8-14/h2-7H,1H3,(H,15,17)(H,16,18,19). The fraction of sp³-hybridized carbons (Fsp3) is 0.0769. The number of carbonyl (C=O) groups is 1. The van der Waals surface area contributed by atoms with Crippen LogP contribution in [-0.2, 0) is 4.74 Å². The summed E-state index contributed by atoms with van der Waals surface area (Å²) in [7, 11) is 1.26. The Kier molecular flexibility index (Phi) is 4.09. The molecule has 0 fully saturated rings. The Bertz CT molecular complexity index is 649. The Morgan fingerprint density at radius 2 is 1.90 bits per heavy atom. The Morgan fingerprint density at radius 3 is 2.55 bits per heavy atom. The summed E-state index contributed by atoms with van der Waals surface area (Å²) in [6, 6.07) is 12.3. The molecule has 1 heterocycles. The van der Waals surface area contributed by atoms with Gasteiger partial charge in [-0.15, -0.1) is 10.2 Å². The van der Waals surface area contributed by atoms with Gasteiger partial charge in [0, 0.05) is 0 Å². The van der Waals surface area contributed by atoms with Crippen LogP contribution in [0.5, 0.6) is 0 Å². The molecule has 0 aliphatic carbocycles. The first kappa shape index (κ1) is 13.3. The van der Waals surface area contributed by atoms with Crippen molar-refractivity contribution in [2.45, 2.75) is 0 Å². The summed E-state index contributed by atoms with van der Waals surface area (Å²) in [5, 5.41) is 22.1. The number of nitriles is 1. The van der Waals surface area contributed by atoms with Gasteiger partial charge in [-0.25, -0.2) is 4.79 Å². The highest BCUT2D eigenvalue weighted by Gasteiger charge is 2.05. The number of amides is 1. The summed E-state index contributed by atoms with van der Waals surface area (Å²) in [6.45, 7) is 0. The van der Waals surface area contributed by atoms with Crippen molar-refractivity contribution in [3.8, 4) is 6.07 Å². The molecule has 2 aromatic rings. The molecule has 0 bridgehead atoms. The molecule has 0 unspecified atom stereocenters. The van der Waals surface area contributed by atoms with Crippen molar-refractivity contribution in [1.82, 2.24) is 10.2 Å². The van der Waals surface area contributed by atoms with Crippen LogP contribution >= 0.6 is 0 Å². The number of rotatable bonds is 3. The quantitative estimate of drug-likeness (QED) is 0.886. The number of ether oxygens (including phenoxy) is 1. The highest BCUT2D eigenvalue weighted by Crippen LogP contribution is 2.18. The van der Waals surface area contributed by atoms with E-state index in [4.69, 9.17) is 5.26 Å². The number of benzene rings is 1. The van der Waals surface area contributed by atoms with E-state index in [0.717, 1.165) is 0 Å². The average molecular weight is 269 g/mol. The maximum atomic E-state index is 11.0. The molecule has 1 aromatic heterocycles. The third-order valence-electron chi connectivity index (χ3n) is 2.39. The Labute approximate surface area is 115 Å². The summed E-state index contributed by atoms with van der Waals surface area (Å²) in [6.07, 6.45) is -0.616. The fourth-order valence-corrected chi connectivity index (χ4v) is 1.45. The molecule has 0 aliphatic heterocycles. The minimum absolute atomic E-state index is 0.274. The van der Waals surface area contributed by atoms with Crippen LogP contribution in [0, 0.1) is 11.3 Å². The van der Waals surface area contributed by atoms with Crippen molar-refractivity contribution < 1.29 is 9.53 Å². The molecule has 1 amide bonds. The summed E-state index contributed by atoms with van der Waals surface area (Å²) >= 11 is 0. The van der Waals surface area contributed by atoms with Crippen LogP contribution in [0.25, 0.3) is 0 Å². The SMILES string of the molecule is COC(=O)Nc1ccc(Nc2ccccc2C#N)nn1. The molecular weight excluding hydrogens is 258 g/mol. The van der Waals surface area contributed by atoms with Crippen LogP contribution in [0.3, 0.4) is 0 Å². The number of nitrogens with one attached hydrogen (secondary N) is 2. The predicted octanol–water partition coefficient (Wildman–Crippen LogP) is 2.27. The highest BCUT2D eigenvalue weighted by molar-refractivity contribution is 5.83. The van der Waals surface area contributed by atoms with Gasteiger partial charge < -0.3 is 10.1 Å². The summed E-state index contributed by atoms with van der Waals surface area (Å²) in [4.78, 5) is 11.0. The van der Waals surface area contributed by atoms with Crippen molar-refractivity contribution in [2.24, 2.45) is 0 Å². The first-order valence-electron chi connectivity index (χ1n) is 5.68. The third kappa shape index (κ3) is 3.20. The molecule has 20 heavy (non-hydrogen) atoms. The molecule has 0 saturated heterocycles. The van der Waals surface area contributed by atoms with Gasteiger partial charge in [0.1, 0.15) is 6.07 Å². The number of nitrogens with zero attached hydrogens (tertiary/aromatic N) is 3. The van der Waals surface area contributed by atoms with Crippen LogP contribution in [-0.4, -0.2) is 23.4 Å². The number of para-hydroxylation sites is 1. The van der Waals surface area contributed by atoms with Gasteiger partial charge in [-0.3, -0.25) is 5.32 Å². The molecule has 2 rings (SSSR count). The number of methoxy groups -OCH3 is 1. The maximum absolute atomic E-state index is 11.0. The predicted molar refractivity (Wildman–Crippen MR) is 72.5 cm³/mol. The first-order chi connectivity index (χ1) is 9.72. The lowest BCUT2D eigenvalue weighted by molar-refractivity contribution is 0.187. The number of anilines is 3. The highest BCUT2D eigenvalue weighted by atomic mass is 16.5.